The van der Waals surface area contributed by atoms with Gasteiger partial charge in [-0.25, -0.2) is 0 Å². The summed E-state index contributed by atoms with van der Waals surface area (Å²) in [6.45, 7) is 4.23. The Morgan fingerprint density at radius 2 is 2.45 bits per heavy atom. The minimum atomic E-state index is -0.337. The van der Waals surface area contributed by atoms with E-state index in [4.69, 9.17) is 4.74 Å². The molecule has 0 saturated carbocycles. The molecule has 0 aromatic heterocycles. The standard InChI is InChI=1S/C9H14O2/c1-3-11-8(10)9(2)6-4-5-7-9/h4,6H,3,5,7H2,1-2H3. The smallest absolute Gasteiger partial charge is 0.315 e. The predicted octanol–water partition coefficient (Wildman–Crippen LogP) is 1.91. The Balaban J connectivity index is 2.57. The molecule has 0 fully saturated rings. The minimum absolute atomic E-state index is 0.0891. The zero-order valence-electron chi connectivity index (χ0n) is 7.09. The van der Waals surface area contributed by atoms with E-state index in [9.17, 15) is 4.79 Å². The highest BCUT2D eigenvalue weighted by Gasteiger charge is 2.33. The fourth-order valence-corrected chi connectivity index (χ4v) is 1.28. The van der Waals surface area contributed by atoms with Crippen LogP contribution in [-0.2, 0) is 9.53 Å². The quantitative estimate of drug-likeness (QED) is 0.448. The lowest BCUT2D eigenvalue weighted by Gasteiger charge is -2.18. The van der Waals surface area contributed by atoms with Gasteiger partial charge in [0.05, 0.1) is 12.0 Å². The summed E-state index contributed by atoms with van der Waals surface area (Å²) in [5.74, 6) is -0.0891. The normalized spacial score (nSPS) is 28.9. The fraction of sp³-hybridized carbons (Fsp3) is 0.667. The summed E-state index contributed by atoms with van der Waals surface area (Å²) < 4.78 is 4.94. The maximum atomic E-state index is 11.3. The van der Waals surface area contributed by atoms with Crippen LogP contribution in [0.15, 0.2) is 12.2 Å². The zero-order chi connectivity index (χ0) is 8.32. The van der Waals surface area contributed by atoms with Gasteiger partial charge in [-0.05, 0) is 26.7 Å². The van der Waals surface area contributed by atoms with Crippen molar-refractivity contribution in [2.45, 2.75) is 26.7 Å². The average molecular weight is 154 g/mol. The molecule has 0 aliphatic heterocycles. The number of hydrogen-bond acceptors (Lipinski definition) is 2. The fourth-order valence-electron chi connectivity index (χ4n) is 1.28. The Bertz CT molecular complexity index is 184. The van der Waals surface area contributed by atoms with Gasteiger partial charge in [0, 0.05) is 0 Å². The Kier molecular flexibility index (Phi) is 2.32. The molecule has 1 aliphatic carbocycles. The van der Waals surface area contributed by atoms with Gasteiger partial charge in [-0.15, -0.1) is 0 Å². The van der Waals surface area contributed by atoms with E-state index in [1.807, 2.05) is 26.0 Å². The van der Waals surface area contributed by atoms with Gasteiger partial charge in [0.1, 0.15) is 0 Å². The number of ether oxygens (including phenoxy) is 1. The van der Waals surface area contributed by atoms with Crippen molar-refractivity contribution in [3.05, 3.63) is 12.2 Å². The first kappa shape index (κ1) is 8.31. The molecule has 0 aromatic carbocycles. The molecule has 0 radical (unpaired) electrons. The van der Waals surface area contributed by atoms with E-state index in [2.05, 4.69) is 0 Å². The van der Waals surface area contributed by atoms with Gasteiger partial charge in [-0.3, -0.25) is 4.79 Å². The minimum Gasteiger partial charge on any atom is -0.465 e. The molecule has 62 valence electrons. The van der Waals surface area contributed by atoms with Crippen LogP contribution in [0.5, 0.6) is 0 Å². The Hall–Kier alpha value is -0.790. The van der Waals surface area contributed by atoms with Gasteiger partial charge in [0.2, 0.25) is 0 Å². The van der Waals surface area contributed by atoms with Gasteiger partial charge in [-0.1, -0.05) is 12.2 Å². The lowest BCUT2D eigenvalue weighted by molar-refractivity contribution is -0.151. The molecule has 2 nitrogen and oxygen atoms in total. The topological polar surface area (TPSA) is 26.3 Å². The van der Waals surface area contributed by atoms with Crippen molar-refractivity contribution >= 4 is 5.97 Å². The highest BCUT2D eigenvalue weighted by Crippen LogP contribution is 2.32. The monoisotopic (exact) mass is 154 g/mol. The van der Waals surface area contributed by atoms with Crippen molar-refractivity contribution in [1.29, 1.82) is 0 Å². The van der Waals surface area contributed by atoms with E-state index in [1.165, 1.54) is 0 Å². The molecule has 0 N–H and O–H groups in total. The van der Waals surface area contributed by atoms with E-state index in [-0.39, 0.29) is 11.4 Å². The molecule has 0 heterocycles. The molecule has 0 bridgehead atoms. The lowest BCUT2D eigenvalue weighted by Crippen LogP contribution is -2.25. The zero-order valence-corrected chi connectivity index (χ0v) is 7.09. The number of carbonyl (C=O) groups is 1. The maximum Gasteiger partial charge on any atom is 0.315 e. The molecule has 2 heteroatoms. The molecule has 0 aromatic rings. The predicted molar refractivity (Wildman–Crippen MR) is 43.1 cm³/mol. The van der Waals surface area contributed by atoms with Gasteiger partial charge in [-0.2, -0.15) is 0 Å². The van der Waals surface area contributed by atoms with Crippen molar-refractivity contribution in [3.8, 4) is 0 Å². The van der Waals surface area contributed by atoms with Crippen LogP contribution in [0.4, 0.5) is 0 Å². The van der Waals surface area contributed by atoms with Crippen molar-refractivity contribution in [2.75, 3.05) is 6.61 Å². The number of carbonyl (C=O) groups excluding carboxylic acids is 1. The molecular weight excluding hydrogens is 140 g/mol. The van der Waals surface area contributed by atoms with Crippen LogP contribution in [0, 0.1) is 5.41 Å². The van der Waals surface area contributed by atoms with Gasteiger partial charge < -0.3 is 4.74 Å². The summed E-state index contributed by atoms with van der Waals surface area (Å²) in [5.41, 5.74) is -0.337. The molecule has 0 saturated heterocycles. The molecule has 1 atom stereocenters. The second-order valence-electron chi connectivity index (χ2n) is 3.08. The van der Waals surface area contributed by atoms with Crippen LogP contribution in [-0.4, -0.2) is 12.6 Å². The molecule has 0 amide bonds. The number of rotatable bonds is 2. The number of allylic oxidation sites excluding steroid dienone is 1. The maximum absolute atomic E-state index is 11.3. The van der Waals surface area contributed by atoms with E-state index >= 15 is 0 Å². The molecule has 1 unspecified atom stereocenters. The van der Waals surface area contributed by atoms with Gasteiger partial charge in [0.15, 0.2) is 0 Å². The average Bonchev–Trinajstić information content (AvgIpc) is 2.38. The van der Waals surface area contributed by atoms with Crippen LogP contribution in [0.25, 0.3) is 0 Å². The first-order valence-electron chi connectivity index (χ1n) is 4.04. The lowest BCUT2D eigenvalue weighted by atomic mass is 9.91. The SMILES string of the molecule is CCOC(=O)C1(C)C=CCC1. The highest BCUT2D eigenvalue weighted by atomic mass is 16.5. The van der Waals surface area contributed by atoms with Crippen LogP contribution in [0.2, 0.25) is 0 Å². The van der Waals surface area contributed by atoms with Gasteiger partial charge in [0.25, 0.3) is 0 Å². The third-order valence-electron chi connectivity index (χ3n) is 2.06. The second kappa shape index (κ2) is 3.07. The van der Waals surface area contributed by atoms with Crippen molar-refractivity contribution < 1.29 is 9.53 Å². The largest absolute Gasteiger partial charge is 0.465 e. The van der Waals surface area contributed by atoms with Crippen LogP contribution >= 0.6 is 0 Å². The van der Waals surface area contributed by atoms with Crippen LogP contribution < -0.4 is 0 Å². The summed E-state index contributed by atoms with van der Waals surface area (Å²) in [7, 11) is 0. The molecule has 1 rings (SSSR count). The first-order valence-corrected chi connectivity index (χ1v) is 4.04. The first-order chi connectivity index (χ1) is 5.19. The molecule has 1 aliphatic rings. The van der Waals surface area contributed by atoms with Gasteiger partial charge >= 0.3 is 5.97 Å². The highest BCUT2D eigenvalue weighted by molar-refractivity contribution is 5.79. The van der Waals surface area contributed by atoms with E-state index in [1.54, 1.807) is 0 Å². The second-order valence-corrected chi connectivity index (χ2v) is 3.08. The molecule has 11 heavy (non-hydrogen) atoms. The van der Waals surface area contributed by atoms with Crippen LogP contribution in [0.3, 0.4) is 0 Å². The molecule has 0 spiro atoms. The summed E-state index contributed by atoms with van der Waals surface area (Å²) in [6.07, 6.45) is 5.88. The van der Waals surface area contributed by atoms with Crippen LogP contribution in [0.1, 0.15) is 26.7 Å². The third-order valence-corrected chi connectivity index (χ3v) is 2.06. The Morgan fingerprint density at radius 1 is 1.73 bits per heavy atom. The Labute approximate surface area is 67.2 Å². The van der Waals surface area contributed by atoms with Crippen molar-refractivity contribution in [2.24, 2.45) is 5.41 Å². The van der Waals surface area contributed by atoms with Crippen molar-refractivity contribution in [1.82, 2.24) is 0 Å². The van der Waals surface area contributed by atoms with Crippen molar-refractivity contribution in [3.63, 3.8) is 0 Å². The summed E-state index contributed by atoms with van der Waals surface area (Å²) in [5, 5.41) is 0. The molecular formula is C9H14O2. The number of hydrogen-bond donors (Lipinski definition) is 0. The van der Waals surface area contributed by atoms with E-state index in [0.717, 1.165) is 12.8 Å². The summed E-state index contributed by atoms with van der Waals surface area (Å²) in [4.78, 5) is 11.3. The Morgan fingerprint density at radius 3 is 2.91 bits per heavy atom. The number of esters is 1. The van der Waals surface area contributed by atoms with E-state index < -0.39 is 0 Å². The summed E-state index contributed by atoms with van der Waals surface area (Å²) in [6, 6.07) is 0. The third kappa shape index (κ3) is 1.62. The summed E-state index contributed by atoms with van der Waals surface area (Å²) >= 11 is 0. The van der Waals surface area contributed by atoms with E-state index in [0.29, 0.717) is 6.61 Å².